The molecular weight excluding hydrogens is 473 g/mol. The first kappa shape index (κ1) is 23.8. The highest BCUT2D eigenvalue weighted by Gasteiger charge is 2.19. The summed E-state index contributed by atoms with van der Waals surface area (Å²) in [5.41, 5.74) is 4.53. The van der Waals surface area contributed by atoms with Crippen LogP contribution in [0.25, 0.3) is 16.6 Å². The van der Waals surface area contributed by atoms with Crippen molar-refractivity contribution in [1.29, 1.82) is 0 Å². The molecule has 0 aliphatic rings. The van der Waals surface area contributed by atoms with Gasteiger partial charge in [0.15, 0.2) is 10.9 Å². The molecule has 7 heteroatoms. The average molecular weight is 498 g/mol. The van der Waals surface area contributed by atoms with E-state index in [4.69, 9.17) is 4.98 Å². The summed E-state index contributed by atoms with van der Waals surface area (Å²) in [5.74, 6) is -0.235. The number of hydrogen-bond acceptors (Lipinski definition) is 4. The van der Waals surface area contributed by atoms with E-state index in [2.05, 4.69) is 0 Å². The zero-order chi connectivity index (χ0) is 25.2. The molecule has 0 spiro atoms. The van der Waals surface area contributed by atoms with Crippen LogP contribution in [0.5, 0.6) is 0 Å². The van der Waals surface area contributed by atoms with E-state index in [0.717, 1.165) is 22.6 Å². The Morgan fingerprint density at radius 2 is 1.64 bits per heavy atom. The summed E-state index contributed by atoms with van der Waals surface area (Å²) in [6.45, 7) is 4.17. The second-order valence-corrected chi connectivity index (χ2v) is 9.54. The number of hydrogen-bond donors (Lipinski definition) is 0. The number of halogens is 1. The molecule has 5 rings (SSSR count). The van der Waals surface area contributed by atoms with Crippen molar-refractivity contribution >= 4 is 28.4 Å². The van der Waals surface area contributed by atoms with Gasteiger partial charge in [0.05, 0.1) is 23.2 Å². The molecule has 180 valence electrons. The summed E-state index contributed by atoms with van der Waals surface area (Å²) in [6, 6.07) is 25.0. The molecule has 0 N–H and O–H groups in total. The number of aromatic nitrogens is 3. The fourth-order valence-electron chi connectivity index (χ4n) is 4.40. The van der Waals surface area contributed by atoms with Crippen molar-refractivity contribution in [3.8, 4) is 5.69 Å². The first-order valence-electron chi connectivity index (χ1n) is 11.6. The molecular formula is C29H24FN3O2S. The van der Waals surface area contributed by atoms with Crippen molar-refractivity contribution in [3.05, 3.63) is 124 Å². The first-order valence-corrected chi connectivity index (χ1v) is 12.6. The fraction of sp³-hybridized carbons (Fsp3) is 0.138. The number of thioether (sulfide) groups is 1. The first-order chi connectivity index (χ1) is 17.4. The van der Waals surface area contributed by atoms with Gasteiger partial charge in [0.25, 0.3) is 5.56 Å². The summed E-state index contributed by atoms with van der Waals surface area (Å²) >= 11 is 1.26. The van der Waals surface area contributed by atoms with Crippen LogP contribution in [-0.2, 0) is 6.54 Å². The van der Waals surface area contributed by atoms with Gasteiger partial charge in [-0.1, -0.05) is 54.2 Å². The Kier molecular flexibility index (Phi) is 6.57. The van der Waals surface area contributed by atoms with E-state index in [1.165, 1.54) is 23.9 Å². The van der Waals surface area contributed by atoms with E-state index >= 15 is 0 Å². The smallest absolute Gasteiger partial charge is 0.262 e. The molecule has 5 aromatic rings. The largest absolute Gasteiger partial charge is 0.318 e. The van der Waals surface area contributed by atoms with Gasteiger partial charge in [-0.15, -0.1) is 0 Å². The zero-order valence-electron chi connectivity index (χ0n) is 19.9. The molecule has 0 radical (unpaired) electrons. The minimum atomic E-state index is -0.307. The minimum absolute atomic E-state index is 0.0601. The standard InChI is InChI=1S/C29H24FN3O2S/c1-19-16-25(20(2)33(19)23-14-12-22(30)13-15-23)27(34)18-36-29-31-26-11-7-6-10-24(26)28(35)32(29)17-21-8-4-3-5-9-21/h3-16H,17-18H2,1-2H3. The molecule has 5 nitrogen and oxygen atoms in total. The molecule has 0 unspecified atom stereocenters. The monoisotopic (exact) mass is 497 g/mol. The number of carbonyl (C=O) groups is 1. The second kappa shape index (κ2) is 9.95. The number of rotatable bonds is 7. The molecule has 2 heterocycles. The molecule has 2 aromatic heterocycles. The number of nitrogens with zero attached hydrogens (tertiary/aromatic N) is 3. The second-order valence-electron chi connectivity index (χ2n) is 8.60. The summed E-state index contributed by atoms with van der Waals surface area (Å²) in [6.07, 6.45) is 0. The van der Waals surface area contributed by atoms with Gasteiger partial charge in [-0.25, -0.2) is 9.37 Å². The predicted octanol–water partition coefficient (Wildman–Crippen LogP) is 5.97. The van der Waals surface area contributed by atoms with Crippen LogP contribution >= 0.6 is 11.8 Å². The van der Waals surface area contributed by atoms with Crippen molar-refractivity contribution in [2.45, 2.75) is 25.5 Å². The van der Waals surface area contributed by atoms with Crippen molar-refractivity contribution in [1.82, 2.24) is 14.1 Å². The third-order valence-electron chi connectivity index (χ3n) is 6.16. The number of para-hydroxylation sites is 1. The Morgan fingerprint density at radius 1 is 0.944 bits per heavy atom. The van der Waals surface area contributed by atoms with Gasteiger partial charge in [-0.05, 0) is 61.9 Å². The summed E-state index contributed by atoms with van der Waals surface area (Å²) in [4.78, 5) is 31.4. The number of benzene rings is 3. The Bertz CT molecular complexity index is 1620. The van der Waals surface area contributed by atoms with Gasteiger partial charge in [-0.3, -0.25) is 14.2 Å². The predicted molar refractivity (Wildman–Crippen MR) is 142 cm³/mol. The lowest BCUT2D eigenvalue weighted by atomic mass is 10.2. The van der Waals surface area contributed by atoms with E-state index in [-0.39, 0.29) is 22.9 Å². The van der Waals surface area contributed by atoms with Crippen LogP contribution in [0.3, 0.4) is 0 Å². The number of Topliss-reactive ketones (excluding diaryl/α,β-unsaturated/α-hetero) is 1. The zero-order valence-corrected chi connectivity index (χ0v) is 20.8. The maximum absolute atomic E-state index is 13.4. The van der Waals surface area contributed by atoms with Gasteiger partial charge in [0.2, 0.25) is 0 Å². The van der Waals surface area contributed by atoms with Crippen molar-refractivity contribution < 1.29 is 9.18 Å². The number of fused-ring (bicyclic) bond motifs is 1. The number of aryl methyl sites for hydroxylation is 1. The highest BCUT2D eigenvalue weighted by molar-refractivity contribution is 7.99. The minimum Gasteiger partial charge on any atom is -0.318 e. The molecule has 0 saturated carbocycles. The van der Waals surface area contributed by atoms with Crippen LogP contribution in [0, 0.1) is 19.7 Å². The van der Waals surface area contributed by atoms with Crippen molar-refractivity contribution in [2.24, 2.45) is 0 Å². The van der Waals surface area contributed by atoms with Crippen LogP contribution < -0.4 is 5.56 Å². The van der Waals surface area contributed by atoms with Crippen molar-refractivity contribution in [2.75, 3.05) is 5.75 Å². The van der Waals surface area contributed by atoms with Gasteiger partial charge < -0.3 is 4.57 Å². The van der Waals surface area contributed by atoms with E-state index < -0.39 is 0 Å². The summed E-state index contributed by atoms with van der Waals surface area (Å²) < 4.78 is 17.0. The Balaban J connectivity index is 1.46. The van der Waals surface area contributed by atoms with E-state index in [0.29, 0.717) is 28.2 Å². The third-order valence-corrected chi connectivity index (χ3v) is 7.14. The van der Waals surface area contributed by atoms with Crippen LogP contribution in [0.4, 0.5) is 4.39 Å². The molecule has 0 aliphatic carbocycles. The molecule has 36 heavy (non-hydrogen) atoms. The SMILES string of the molecule is Cc1cc(C(=O)CSc2nc3ccccc3c(=O)n2Cc2ccccc2)c(C)n1-c1ccc(F)cc1. The molecule has 0 atom stereocenters. The van der Waals surface area contributed by atoms with E-state index in [9.17, 15) is 14.0 Å². The number of ketones is 1. The van der Waals surface area contributed by atoms with Crippen LogP contribution in [0.2, 0.25) is 0 Å². The summed E-state index contributed by atoms with van der Waals surface area (Å²) in [5, 5.41) is 1.05. The number of carbonyl (C=O) groups excluding carboxylic acids is 1. The van der Waals surface area contributed by atoms with Gasteiger partial charge >= 0.3 is 0 Å². The van der Waals surface area contributed by atoms with E-state index in [1.54, 1.807) is 22.8 Å². The average Bonchev–Trinajstić information content (AvgIpc) is 3.19. The Labute approximate surface area is 212 Å². The topological polar surface area (TPSA) is 56.9 Å². The van der Waals surface area contributed by atoms with Gasteiger partial charge in [0, 0.05) is 22.6 Å². The molecule has 3 aromatic carbocycles. The molecule has 0 aliphatic heterocycles. The van der Waals surface area contributed by atoms with Gasteiger partial charge in [-0.2, -0.15) is 0 Å². The maximum Gasteiger partial charge on any atom is 0.262 e. The van der Waals surface area contributed by atoms with E-state index in [1.807, 2.05) is 73.0 Å². The highest BCUT2D eigenvalue weighted by atomic mass is 32.2. The lowest BCUT2D eigenvalue weighted by molar-refractivity contribution is 0.102. The molecule has 0 saturated heterocycles. The molecule has 0 amide bonds. The fourth-order valence-corrected chi connectivity index (χ4v) is 5.29. The summed E-state index contributed by atoms with van der Waals surface area (Å²) in [7, 11) is 0. The van der Waals surface area contributed by atoms with Crippen molar-refractivity contribution in [3.63, 3.8) is 0 Å². The maximum atomic E-state index is 13.4. The van der Waals surface area contributed by atoms with Gasteiger partial charge in [0.1, 0.15) is 5.82 Å². The van der Waals surface area contributed by atoms with Crippen LogP contribution in [0.1, 0.15) is 27.3 Å². The lowest BCUT2D eigenvalue weighted by Gasteiger charge is -2.13. The Morgan fingerprint density at radius 3 is 2.39 bits per heavy atom. The quantitative estimate of drug-likeness (QED) is 0.158. The lowest BCUT2D eigenvalue weighted by Crippen LogP contribution is -2.24. The molecule has 0 fully saturated rings. The normalized spacial score (nSPS) is 11.2. The Hall–Kier alpha value is -3.97. The van der Waals surface area contributed by atoms with Crippen LogP contribution in [0.15, 0.2) is 94.9 Å². The van der Waals surface area contributed by atoms with Crippen LogP contribution in [-0.4, -0.2) is 25.7 Å². The highest BCUT2D eigenvalue weighted by Crippen LogP contribution is 2.25. The molecule has 0 bridgehead atoms. The third kappa shape index (κ3) is 4.62.